The second-order valence-electron chi connectivity index (χ2n) is 7.34. The van der Waals surface area contributed by atoms with Crippen LogP contribution in [0.4, 0.5) is 5.82 Å². The summed E-state index contributed by atoms with van der Waals surface area (Å²) in [5.41, 5.74) is 1.66. The second-order valence-corrected chi connectivity index (χ2v) is 7.77. The van der Waals surface area contributed by atoms with Crippen LogP contribution >= 0.6 is 11.6 Å². The molecule has 0 radical (unpaired) electrons. The summed E-state index contributed by atoms with van der Waals surface area (Å²) in [4.78, 5) is 17.7. The number of carbonyl (C=O) groups excluding carboxylic acids is 1. The number of ether oxygens (including phenoxy) is 1. The molecule has 3 aromatic rings. The maximum atomic E-state index is 12.8. The number of nitrogens with one attached hydrogen (secondary N) is 1. The zero-order valence-electron chi connectivity index (χ0n) is 16.0. The molecule has 0 saturated heterocycles. The van der Waals surface area contributed by atoms with Crippen LogP contribution in [0.25, 0.3) is 22.0 Å². The third-order valence-electron chi connectivity index (χ3n) is 3.99. The minimum Gasteiger partial charge on any atom is -0.462 e. The van der Waals surface area contributed by atoms with E-state index >= 15 is 0 Å². The maximum absolute atomic E-state index is 12.8. The Morgan fingerprint density at radius 3 is 2.44 bits per heavy atom. The Hall–Kier alpha value is -2.59. The van der Waals surface area contributed by atoms with E-state index in [2.05, 4.69) is 26.1 Å². The van der Waals surface area contributed by atoms with Gasteiger partial charge < -0.3 is 10.1 Å². The Kier molecular flexibility index (Phi) is 5.38. The second kappa shape index (κ2) is 7.57. The minimum absolute atomic E-state index is 0.195. The first-order valence-corrected chi connectivity index (χ1v) is 9.32. The SMILES string of the molecule is CCOC(=O)c1c(-c2ccccc2)nc(NC(C)(C)C)c2ccc(Cl)cc12. The number of rotatable bonds is 4. The molecule has 1 aromatic heterocycles. The van der Waals surface area contributed by atoms with Crippen LogP contribution in [0.15, 0.2) is 48.5 Å². The van der Waals surface area contributed by atoms with E-state index in [0.717, 1.165) is 16.3 Å². The lowest BCUT2D eigenvalue weighted by molar-refractivity contribution is 0.0529. The Balaban J connectivity index is 2.39. The van der Waals surface area contributed by atoms with Crippen LogP contribution in [0.5, 0.6) is 0 Å². The van der Waals surface area contributed by atoms with Crippen LogP contribution in [0.1, 0.15) is 38.1 Å². The van der Waals surface area contributed by atoms with Crippen molar-refractivity contribution < 1.29 is 9.53 Å². The van der Waals surface area contributed by atoms with Gasteiger partial charge in [-0.05, 0) is 45.9 Å². The van der Waals surface area contributed by atoms with Gasteiger partial charge in [-0.15, -0.1) is 0 Å². The van der Waals surface area contributed by atoms with Gasteiger partial charge in [-0.25, -0.2) is 9.78 Å². The molecular formula is C22H23ClN2O2. The van der Waals surface area contributed by atoms with Crippen LogP contribution in [-0.4, -0.2) is 23.1 Å². The van der Waals surface area contributed by atoms with E-state index in [1.165, 1.54) is 0 Å². The molecule has 3 rings (SSSR count). The topological polar surface area (TPSA) is 51.2 Å². The van der Waals surface area contributed by atoms with Crippen molar-refractivity contribution in [3.8, 4) is 11.3 Å². The number of halogens is 1. The van der Waals surface area contributed by atoms with Crippen molar-refractivity contribution in [2.45, 2.75) is 33.2 Å². The summed E-state index contributed by atoms with van der Waals surface area (Å²) in [6.45, 7) is 8.28. The highest BCUT2D eigenvalue weighted by molar-refractivity contribution is 6.31. The third kappa shape index (κ3) is 4.22. The molecule has 0 amide bonds. The molecule has 0 aliphatic heterocycles. The van der Waals surface area contributed by atoms with Gasteiger partial charge in [-0.3, -0.25) is 0 Å². The summed E-state index contributed by atoms with van der Waals surface area (Å²) in [5.74, 6) is 0.305. The highest BCUT2D eigenvalue weighted by Crippen LogP contribution is 2.35. The number of nitrogens with zero attached hydrogens (tertiary/aromatic N) is 1. The molecule has 140 valence electrons. The number of aromatic nitrogens is 1. The smallest absolute Gasteiger partial charge is 0.340 e. The average Bonchev–Trinajstić information content (AvgIpc) is 2.60. The van der Waals surface area contributed by atoms with Crippen molar-refractivity contribution in [3.05, 3.63) is 59.1 Å². The van der Waals surface area contributed by atoms with Crippen LogP contribution < -0.4 is 5.32 Å². The molecule has 4 nitrogen and oxygen atoms in total. The molecule has 0 aliphatic carbocycles. The quantitative estimate of drug-likeness (QED) is 0.567. The predicted octanol–water partition coefficient (Wildman–Crippen LogP) is 5.94. The third-order valence-corrected chi connectivity index (χ3v) is 4.22. The Labute approximate surface area is 164 Å². The van der Waals surface area contributed by atoms with Crippen molar-refractivity contribution in [1.29, 1.82) is 0 Å². The number of esters is 1. The van der Waals surface area contributed by atoms with Gasteiger partial charge in [-0.1, -0.05) is 41.9 Å². The number of benzene rings is 2. The Morgan fingerprint density at radius 2 is 1.81 bits per heavy atom. The van der Waals surface area contributed by atoms with Crippen molar-refractivity contribution in [1.82, 2.24) is 4.98 Å². The van der Waals surface area contributed by atoms with Crippen LogP contribution in [-0.2, 0) is 4.74 Å². The standard InChI is InChI=1S/C22H23ClN2O2/c1-5-27-21(26)18-17-13-15(23)11-12-16(17)20(25-22(2,3)4)24-19(18)14-9-7-6-8-10-14/h6-13H,5H2,1-4H3,(H,24,25). The average molecular weight is 383 g/mol. The molecule has 0 fully saturated rings. The molecule has 27 heavy (non-hydrogen) atoms. The summed E-state index contributed by atoms with van der Waals surface area (Å²) in [6, 6.07) is 15.1. The molecule has 0 atom stereocenters. The molecule has 0 saturated carbocycles. The van der Waals surface area contributed by atoms with E-state index in [-0.39, 0.29) is 12.1 Å². The Bertz CT molecular complexity index is 979. The first kappa shape index (κ1) is 19.2. The fourth-order valence-corrected chi connectivity index (χ4v) is 3.12. The van der Waals surface area contributed by atoms with Gasteiger partial charge in [0.2, 0.25) is 0 Å². The lowest BCUT2D eigenvalue weighted by Gasteiger charge is -2.24. The van der Waals surface area contributed by atoms with Gasteiger partial charge in [0.1, 0.15) is 5.82 Å². The van der Waals surface area contributed by atoms with Crippen LogP contribution in [0.3, 0.4) is 0 Å². The number of hydrogen-bond acceptors (Lipinski definition) is 4. The molecule has 0 unspecified atom stereocenters. The molecule has 2 aromatic carbocycles. The van der Waals surface area contributed by atoms with E-state index in [9.17, 15) is 4.79 Å². The molecular weight excluding hydrogens is 360 g/mol. The summed E-state index contributed by atoms with van der Waals surface area (Å²) < 4.78 is 5.34. The number of anilines is 1. The molecule has 5 heteroatoms. The van der Waals surface area contributed by atoms with E-state index < -0.39 is 5.97 Å². The molecule has 0 aliphatic rings. The van der Waals surface area contributed by atoms with Gasteiger partial charge in [0.05, 0.1) is 17.9 Å². The van der Waals surface area contributed by atoms with E-state index in [4.69, 9.17) is 21.3 Å². The number of pyridine rings is 1. The summed E-state index contributed by atoms with van der Waals surface area (Å²) >= 11 is 6.26. The predicted molar refractivity (Wildman–Crippen MR) is 112 cm³/mol. The molecule has 0 spiro atoms. The van der Waals surface area contributed by atoms with E-state index in [1.807, 2.05) is 36.4 Å². The van der Waals surface area contributed by atoms with Crippen LogP contribution in [0, 0.1) is 0 Å². The van der Waals surface area contributed by atoms with E-state index in [0.29, 0.717) is 22.1 Å². The van der Waals surface area contributed by atoms with Crippen LogP contribution in [0.2, 0.25) is 5.02 Å². The van der Waals surface area contributed by atoms with E-state index in [1.54, 1.807) is 19.1 Å². The molecule has 0 bridgehead atoms. The number of hydrogen-bond donors (Lipinski definition) is 1. The lowest BCUT2D eigenvalue weighted by Crippen LogP contribution is -2.27. The largest absolute Gasteiger partial charge is 0.462 e. The van der Waals surface area contributed by atoms with Gasteiger partial charge in [-0.2, -0.15) is 0 Å². The monoisotopic (exact) mass is 382 g/mol. The van der Waals surface area contributed by atoms with Gasteiger partial charge in [0.15, 0.2) is 0 Å². The van der Waals surface area contributed by atoms with Crippen molar-refractivity contribution >= 4 is 34.2 Å². The van der Waals surface area contributed by atoms with Crippen molar-refractivity contribution in [3.63, 3.8) is 0 Å². The number of carbonyl (C=O) groups is 1. The Morgan fingerprint density at radius 1 is 1.11 bits per heavy atom. The highest BCUT2D eigenvalue weighted by Gasteiger charge is 2.23. The summed E-state index contributed by atoms with van der Waals surface area (Å²) in [5, 5.41) is 5.56. The van der Waals surface area contributed by atoms with Gasteiger partial charge in [0.25, 0.3) is 0 Å². The van der Waals surface area contributed by atoms with Crippen molar-refractivity contribution in [2.24, 2.45) is 0 Å². The minimum atomic E-state index is -0.404. The van der Waals surface area contributed by atoms with Crippen molar-refractivity contribution in [2.75, 3.05) is 11.9 Å². The fraction of sp³-hybridized carbons (Fsp3) is 0.273. The van der Waals surface area contributed by atoms with Gasteiger partial charge in [0, 0.05) is 26.9 Å². The van der Waals surface area contributed by atoms with Gasteiger partial charge >= 0.3 is 5.97 Å². The zero-order valence-corrected chi connectivity index (χ0v) is 16.7. The summed E-state index contributed by atoms with van der Waals surface area (Å²) in [6.07, 6.45) is 0. The molecule has 1 heterocycles. The zero-order chi connectivity index (χ0) is 19.6. The first-order chi connectivity index (χ1) is 12.8. The highest BCUT2D eigenvalue weighted by atomic mass is 35.5. The first-order valence-electron chi connectivity index (χ1n) is 8.94. The summed E-state index contributed by atoms with van der Waals surface area (Å²) in [7, 11) is 0. The lowest BCUT2D eigenvalue weighted by atomic mass is 9.98. The maximum Gasteiger partial charge on any atom is 0.340 e. The number of fused-ring (bicyclic) bond motifs is 1. The normalized spacial score (nSPS) is 11.4. The fourth-order valence-electron chi connectivity index (χ4n) is 2.95. The molecule has 1 N–H and O–H groups in total.